The number of hydrogen-bond acceptors (Lipinski definition) is 3. The number of anilines is 1. The molecule has 0 heterocycles. The van der Waals surface area contributed by atoms with Crippen LogP contribution in [0, 0.1) is 0 Å². The van der Waals surface area contributed by atoms with E-state index in [-0.39, 0.29) is 17.0 Å². The van der Waals surface area contributed by atoms with Crippen LogP contribution in [-0.4, -0.2) is 33.7 Å². The molecule has 26 heavy (non-hydrogen) atoms. The number of halogens is 1. The molecule has 0 aliphatic carbocycles. The Balaban J connectivity index is 2.00. The highest BCUT2D eigenvalue weighted by Crippen LogP contribution is 2.24. The number of hydrogen-bond donors (Lipinski definition) is 1. The molecule has 0 aliphatic rings. The van der Waals surface area contributed by atoms with Crippen LogP contribution >= 0.6 is 11.6 Å². The number of sulfonamides is 1. The maximum absolute atomic E-state index is 12.4. The SMILES string of the molecule is CC(CCc1ccccc1)NC(=O)c1ccc(N(C)S(C)(=O)=O)cc1Cl. The summed E-state index contributed by atoms with van der Waals surface area (Å²) in [6.07, 6.45) is 2.78. The van der Waals surface area contributed by atoms with E-state index in [4.69, 9.17) is 11.6 Å². The molecule has 1 atom stereocenters. The van der Waals surface area contributed by atoms with Crippen molar-refractivity contribution >= 4 is 33.2 Å². The first-order valence-electron chi connectivity index (χ1n) is 8.26. The molecular formula is C19H23ClN2O3S. The van der Waals surface area contributed by atoms with Crippen LogP contribution in [0.5, 0.6) is 0 Å². The quantitative estimate of drug-likeness (QED) is 0.781. The van der Waals surface area contributed by atoms with Crippen LogP contribution in [0.2, 0.25) is 5.02 Å². The molecule has 0 aromatic heterocycles. The van der Waals surface area contributed by atoms with Crippen molar-refractivity contribution in [1.82, 2.24) is 5.32 Å². The molecule has 1 amide bonds. The highest BCUT2D eigenvalue weighted by Gasteiger charge is 2.17. The van der Waals surface area contributed by atoms with Gasteiger partial charge in [0.15, 0.2) is 0 Å². The maximum atomic E-state index is 12.4. The van der Waals surface area contributed by atoms with Crippen LogP contribution < -0.4 is 9.62 Å². The standard InChI is InChI=1S/C19H23ClN2O3S/c1-14(9-10-15-7-5-4-6-8-15)21-19(23)17-12-11-16(13-18(17)20)22(2)26(3,24)25/h4-8,11-14H,9-10H2,1-3H3,(H,21,23). The summed E-state index contributed by atoms with van der Waals surface area (Å²) in [5, 5.41) is 3.14. The molecule has 1 N–H and O–H groups in total. The molecule has 0 aliphatic heterocycles. The average Bonchev–Trinajstić information content (AvgIpc) is 2.59. The Morgan fingerprint density at radius 2 is 1.85 bits per heavy atom. The second kappa shape index (κ2) is 8.56. The molecule has 2 aromatic rings. The fraction of sp³-hybridized carbons (Fsp3) is 0.316. The molecule has 1 unspecified atom stereocenters. The van der Waals surface area contributed by atoms with Crippen LogP contribution in [0.25, 0.3) is 0 Å². The second-order valence-electron chi connectivity index (χ2n) is 6.29. The molecule has 0 fully saturated rings. The van der Waals surface area contributed by atoms with Crippen molar-refractivity contribution in [2.24, 2.45) is 0 Å². The third kappa shape index (κ3) is 5.47. The summed E-state index contributed by atoms with van der Waals surface area (Å²) >= 11 is 6.19. The largest absolute Gasteiger partial charge is 0.350 e. The Bertz CT molecular complexity index is 870. The molecule has 0 saturated heterocycles. The predicted octanol–water partition coefficient (Wildman–Crippen LogP) is 3.49. The van der Waals surface area contributed by atoms with Gasteiger partial charge in [-0.2, -0.15) is 0 Å². The van der Waals surface area contributed by atoms with Gasteiger partial charge >= 0.3 is 0 Å². The molecule has 2 rings (SSSR count). The number of rotatable bonds is 7. The number of carbonyl (C=O) groups is 1. The van der Waals surface area contributed by atoms with Gasteiger partial charge in [-0.15, -0.1) is 0 Å². The number of amides is 1. The highest BCUT2D eigenvalue weighted by atomic mass is 35.5. The molecule has 5 nitrogen and oxygen atoms in total. The summed E-state index contributed by atoms with van der Waals surface area (Å²) < 4.78 is 24.3. The van der Waals surface area contributed by atoms with E-state index >= 15 is 0 Å². The molecule has 140 valence electrons. The number of nitrogens with one attached hydrogen (secondary N) is 1. The van der Waals surface area contributed by atoms with E-state index in [1.54, 1.807) is 12.1 Å². The van der Waals surface area contributed by atoms with E-state index in [1.807, 2.05) is 25.1 Å². The molecule has 0 radical (unpaired) electrons. The number of aryl methyl sites for hydroxylation is 1. The molecular weight excluding hydrogens is 372 g/mol. The van der Waals surface area contributed by atoms with Gasteiger partial charge in [0.1, 0.15) is 0 Å². The van der Waals surface area contributed by atoms with Crippen LogP contribution in [0.4, 0.5) is 5.69 Å². The number of benzene rings is 2. The van der Waals surface area contributed by atoms with Gasteiger partial charge in [0.2, 0.25) is 10.0 Å². The lowest BCUT2D eigenvalue weighted by Crippen LogP contribution is -2.33. The van der Waals surface area contributed by atoms with E-state index in [0.717, 1.165) is 23.4 Å². The summed E-state index contributed by atoms with van der Waals surface area (Å²) in [6.45, 7) is 1.94. The summed E-state index contributed by atoms with van der Waals surface area (Å²) in [4.78, 5) is 12.4. The first-order chi connectivity index (χ1) is 12.2. The molecule has 0 spiro atoms. The smallest absolute Gasteiger partial charge is 0.253 e. The van der Waals surface area contributed by atoms with Gasteiger partial charge in [-0.1, -0.05) is 41.9 Å². The van der Waals surface area contributed by atoms with Crippen LogP contribution in [0.1, 0.15) is 29.3 Å². The van der Waals surface area contributed by atoms with Crippen LogP contribution in [0.15, 0.2) is 48.5 Å². The molecule has 2 aromatic carbocycles. The minimum atomic E-state index is -3.38. The van der Waals surface area contributed by atoms with Gasteiger partial charge in [-0.25, -0.2) is 8.42 Å². The Hall–Kier alpha value is -2.05. The summed E-state index contributed by atoms with van der Waals surface area (Å²) in [5.74, 6) is -0.274. The van der Waals surface area contributed by atoms with Crippen molar-refractivity contribution in [3.8, 4) is 0 Å². The van der Waals surface area contributed by atoms with Crippen molar-refractivity contribution in [1.29, 1.82) is 0 Å². The molecule has 0 bridgehead atoms. The van der Waals surface area contributed by atoms with Crippen molar-refractivity contribution in [3.05, 3.63) is 64.7 Å². The third-order valence-corrected chi connectivity index (χ3v) is 5.66. The maximum Gasteiger partial charge on any atom is 0.253 e. The summed E-state index contributed by atoms with van der Waals surface area (Å²) in [7, 11) is -1.95. The zero-order valence-electron chi connectivity index (χ0n) is 15.1. The summed E-state index contributed by atoms with van der Waals surface area (Å²) in [5.41, 5.74) is 1.95. The zero-order valence-corrected chi connectivity index (χ0v) is 16.6. The lowest BCUT2D eigenvalue weighted by atomic mass is 10.1. The lowest BCUT2D eigenvalue weighted by molar-refractivity contribution is 0.0938. The van der Waals surface area contributed by atoms with E-state index in [2.05, 4.69) is 17.4 Å². The average molecular weight is 395 g/mol. The predicted molar refractivity (Wildman–Crippen MR) is 106 cm³/mol. The first kappa shape index (κ1) is 20.3. The fourth-order valence-corrected chi connectivity index (χ4v) is 3.23. The van der Waals surface area contributed by atoms with E-state index < -0.39 is 10.0 Å². The van der Waals surface area contributed by atoms with Crippen molar-refractivity contribution in [2.45, 2.75) is 25.8 Å². The minimum Gasteiger partial charge on any atom is -0.350 e. The fourth-order valence-electron chi connectivity index (χ4n) is 2.48. The lowest BCUT2D eigenvalue weighted by Gasteiger charge is -2.18. The highest BCUT2D eigenvalue weighted by molar-refractivity contribution is 7.92. The van der Waals surface area contributed by atoms with Gasteiger partial charge in [0, 0.05) is 13.1 Å². The number of nitrogens with zero attached hydrogens (tertiary/aromatic N) is 1. The van der Waals surface area contributed by atoms with Crippen molar-refractivity contribution in [2.75, 3.05) is 17.6 Å². The zero-order chi connectivity index (χ0) is 19.3. The van der Waals surface area contributed by atoms with Crippen LogP contribution in [-0.2, 0) is 16.4 Å². The Morgan fingerprint density at radius 1 is 1.19 bits per heavy atom. The van der Waals surface area contributed by atoms with Crippen molar-refractivity contribution in [3.63, 3.8) is 0 Å². The topological polar surface area (TPSA) is 66.5 Å². The Kier molecular flexibility index (Phi) is 6.67. The minimum absolute atomic E-state index is 0.0165. The van der Waals surface area contributed by atoms with Gasteiger partial charge in [-0.05, 0) is 43.5 Å². The van der Waals surface area contributed by atoms with Gasteiger partial charge in [-0.3, -0.25) is 9.10 Å². The van der Waals surface area contributed by atoms with E-state index in [1.165, 1.54) is 18.7 Å². The van der Waals surface area contributed by atoms with E-state index in [9.17, 15) is 13.2 Å². The van der Waals surface area contributed by atoms with Gasteiger partial charge < -0.3 is 5.32 Å². The van der Waals surface area contributed by atoms with Crippen LogP contribution in [0.3, 0.4) is 0 Å². The second-order valence-corrected chi connectivity index (χ2v) is 8.71. The van der Waals surface area contributed by atoms with Gasteiger partial charge in [0.25, 0.3) is 5.91 Å². The van der Waals surface area contributed by atoms with E-state index in [0.29, 0.717) is 11.3 Å². The monoisotopic (exact) mass is 394 g/mol. The normalized spacial score (nSPS) is 12.5. The van der Waals surface area contributed by atoms with Crippen molar-refractivity contribution < 1.29 is 13.2 Å². The number of carbonyl (C=O) groups excluding carboxylic acids is 1. The molecule has 0 saturated carbocycles. The summed E-state index contributed by atoms with van der Waals surface area (Å²) in [6, 6.07) is 14.6. The third-order valence-electron chi connectivity index (χ3n) is 4.14. The first-order valence-corrected chi connectivity index (χ1v) is 10.5. The Labute approximate surface area is 160 Å². The molecule has 7 heteroatoms. The van der Waals surface area contributed by atoms with Gasteiger partial charge in [0.05, 0.1) is 22.5 Å². The Morgan fingerprint density at radius 3 is 2.42 bits per heavy atom.